The standard InChI is InChI=1S/C18H14N4O4/c1-2-20-18(24)14-9-4-3-8-13(14)15-17(23)19-16(21(15)20)11-6-5-7-12(10-11)22(25)26/h3-10,23H,2H2,1H3. The highest BCUT2D eigenvalue weighted by Crippen LogP contribution is 2.31. The van der Waals surface area contributed by atoms with Crippen LogP contribution in [0.5, 0.6) is 5.88 Å². The summed E-state index contributed by atoms with van der Waals surface area (Å²) in [5.74, 6) is 0.0378. The molecule has 8 nitrogen and oxygen atoms in total. The maximum atomic E-state index is 12.9. The molecule has 2 aromatic heterocycles. The molecule has 4 aromatic rings. The minimum atomic E-state index is -0.499. The summed E-state index contributed by atoms with van der Waals surface area (Å²) in [4.78, 5) is 27.6. The lowest BCUT2D eigenvalue weighted by molar-refractivity contribution is -0.384. The van der Waals surface area contributed by atoms with Gasteiger partial charge < -0.3 is 5.11 Å². The van der Waals surface area contributed by atoms with Gasteiger partial charge in [-0.25, -0.2) is 9.20 Å². The predicted molar refractivity (Wildman–Crippen MR) is 96.4 cm³/mol. The summed E-state index contributed by atoms with van der Waals surface area (Å²) in [7, 11) is 0. The van der Waals surface area contributed by atoms with Gasteiger partial charge >= 0.3 is 0 Å². The van der Waals surface area contributed by atoms with Crippen LogP contribution in [0.25, 0.3) is 27.7 Å². The highest BCUT2D eigenvalue weighted by atomic mass is 16.6. The first-order valence-corrected chi connectivity index (χ1v) is 8.01. The fourth-order valence-electron chi connectivity index (χ4n) is 3.21. The second-order valence-electron chi connectivity index (χ2n) is 5.79. The van der Waals surface area contributed by atoms with Crippen molar-refractivity contribution in [2.45, 2.75) is 13.5 Å². The number of aromatic hydroxyl groups is 1. The number of non-ortho nitro benzene ring substituents is 1. The number of aromatic nitrogens is 3. The number of rotatable bonds is 3. The Morgan fingerprint density at radius 1 is 1.15 bits per heavy atom. The van der Waals surface area contributed by atoms with Gasteiger partial charge in [0, 0.05) is 29.6 Å². The van der Waals surface area contributed by atoms with Gasteiger partial charge in [-0.15, -0.1) is 0 Å². The molecule has 130 valence electrons. The second-order valence-corrected chi connectivity index (χ2v) is 5.79. The van der Waals surface area contributed by atoms with E-state index in [1.54, 1.807) is 36.4 Å². The van der Waals surface area contributed by atoms with E-state index in [-0.39, 0.29) is 23.0 Å². The van der Waals surface area contributed by atoms with Crippen molar-refractivity contribution in [1.29, 1.82) is 0 Å². The Morgan fingerprint density at radius 3 is 2.58 bits per heavy atom. The molecule has 0 saturated carbocycles. The molecule has 0 unspecified atom stereocenters. The number of hydrogen-bond acceptors (Lipinski definition) is 5. The van der Waals surface area contributed by atoms with Crippen LogP contribution in [0.1, 0.15) is 6.92 Å². The minimum Gasteiger partial charge on any atom is -0.492 e. The Kier molecular flexibility index (Phi) is 3.47. The van der Waals surface area contributed by atoms with Crippen molar-refractivity contribution in [3.8, 4) is 17.3 Å². The summed E-state index contributed by atoms with van der Waals surface area (Å²) in [5, 5.41) is 22.6. The molecule has 0 aliphatic carbocycles. The summed E-state index contributed by atoms with van der Waals surface area (Å²) >= 11 is 0. The number of benzene rings is 2. The predicted octanol–water partition coefficient (Wildman–Crippen LogP) is 2.95. The number of nitro groups is 1. The van der Waals surface area contributed by atoms with E-state index < -0.39 is 4.92 Å². The number of nitrogens with zero attached hydrogens (tertiary/aromatic N) is 4. The summed E-state index contributed by atoms with van der Waals surface area (Å²) < 4.78 is 2.98. The fourth-order valence-corrected chi connectivity index (χ4v) is 3.21. The van der Waals surface area contributed by atoms with E-state index in [2.05, 4.69) is 4.98 Å². The summed E-state index contributed by atoms with van der Waals surface area (Å²) in [6.45, 7) is 2.15. The third-order valence-corrected chi connectivity index (χ3v) is 4.34. The van der Waals surface area contributed by atoms with Gasteiger partial charge in [-0.05, 0) is 13.0 Å². The first-order chi connectivity index (χ1) is 12.5. The van der Waals surface area contributed by atoms with Crippen molar-refractivity contribution in [3.63, 3.8) is 0 Å². The number of hydrogen-bond donors (Lipinski definition) is 1. The first-order valence-electron chi connectivity index (χ1n) is 8.01. The molecule has 0 aliphatic heterocycles. The lowest BCUT2D eigenvalue weighted by Gasteiger charge is -2.12. The molecule has 0 radical (unpaired) electrons. The van der Waals surface area contributed by atoms with Crippen molar-refractivity contribution in [3.05, 3.63) is 69.0 Å². The normalized spacial score (nSPS) is 11.3. The van der Waals surface area contributed by atoms with Gasteiger partial charge in [0.2, 0.25) is 5.88 Å². The molecule has 0 fully saturated rings. The van der Waals surface area contributed by atoms with Crippen molar-refractivity contribution in [2.75, 3.05) is 0 Å². The SMILES string of the molecule is CCn1c(=O)c2ccccc2c2c(O)nc(-c3cccc([N+](=O)[O-])c3)n21. The van der Waals surface area contributed by atoms with Gasteiger partial charge in [0.25, 0.3) is 11.2 Å². The van der Waals surface area contributed by atoms with Crippen LogP contribution in [0.4, 0.5) is 5.69 Å². The van der Waals surface area contributed by atoms with Crippen molar-refractivity contribution in [1.82, 2.24) is 14.2 Å². The van der Waals surface area contributed by atoms with Crippen LogP contribution >= 0.6 is 0 Å². The zero-order chi connectivity index (χ0) is 18.4. The van der Waals surface area contributed by atoms with Crippen LogP contribution in [0.3, 0.4) is 0 Å². The highest BCUT2D eigenvalue weighted by Gasteiger charge is 2.20. The molecule has 2 aromatic carbocycles. The van der Waals surface area contributed by atoms with Crippen molar-refractivity contribution < 1.29 is 10.0 Å². The lowest BCUT2D eigenvalue weighted by atomic mass is 10.1. The van der Waals surface area contributed by atoms with Gasteiger partial charge in [0.05, 0.1) is 10.3 Å². The van der Waals surface area contributed by atoms with Crippen LogP contribution in [-0.2, 0) is 6.54 Å². The molecule has 1 N–H and O–H groups in total. The van der Waals surface area contributed by atoms with E-state index in [1.807, 2.05) is 6.92 Å². The fraction of sp³-hybridized carbons (Fsp3) is 0.111. The molecule has 0 amide bonds. The van der Waals surface area contributed by atoms with E-state index in [1.165, 1.54) is 21.3 Å². The number of nitro benzene ring substituents is 1. The average molecular weight is 350 g/mol. The molecule has 0 bridgehead atoms. The van der Waals surface area contributed by atoms with Crippen molar-refractivity contribution in [2.24, 2.45) is 0 Å². The maximum Gasteiger partial charge on any atom is 0.273 e. The number of fused-ring (bicyclic) bond motifs is 3. The second kappa shape index (κ2) is 5.69. The van der Waals surface area contributed by atoms with Crippen LogP contribution in [0.15, 0.2) is 53.3 Å². The van der Waals surface area contributed by atoms with Gasteiger partial charge in [0.1, 0.15) is 5.52 Å². The molecule has 0 atom stereocenters. The topological polar surface area (TPSA) is 103 Å². The van der Waals surface area contributed by atoms with Crippen LogP contribution in [0.2, 0.25) is 0 Å². The monoisotopic (exact) mass is 350 g/mol. The number of aryl methyl sites for hydroxylation is 1. The largest absolute Gasteiger partial charge is 0.492 e. The van der Waals surface area contributed by atoms with Gasteiger partial charge in [-0.3, -0.25) is 14.9 Å². The van der Waals surface area contributed by atoms with E-state index in [4.69, 9.17) is 0 Å². The van der Waals surface area contributed by atoms with Crippen molar-refractivity contribution >= 4 is 22.0 Å². The smallest absolute Gasteiger partial charge is 0.273 e. The number of imidazole rings is 1. The van der Waals surface area contributed by atoms with E-state index in [0.717, 1.165) is 0 Å². The maximum absolute atomic E-state index is 12.9. The van der Waals surface area contributed by atoms with Crippen LogP contribution in [-0.4, -0.2) is 24.2 Å². The molecule has 0 saturated heterocycles. The Bertz CT molecular complexity index is 1240. The van der Waals surface area contributed by atoms with E-state index in [9.17, 15) is 20.0 Å². The third-order valence-electron chi connectivity index (χ3n) is 4.34. The molecule has 0 aliphatic rings. The summed E-state index contributed by atoms with van der Waals surface area (Å²) in [6.07, 6.45) is 0. The molecule has 0 spiro atoms. The molecule has 4 rings (SSSR count). The highest BCUT2D eigenvalue weighted by molar-refractivity contribution is 5.98. The Hall–Kier alpha value is -3.68. The first kappa shape index (κ1) is 15.8. The molecule has 8 heteroatoms. The van der Waals surface area contributed by atoms with Crippen LogP contribution < -0.4 is 5.56 Å². The Labute approximate surface area is 146 Å². The Balaban J connectivity index is 2.18. The van der Waals surface area contributed by atoms with E-state index >= 15 is 0 Å². The summed E-state index contributed by atoms with van der Waals surface area (Å²) in [5.41, 5.74) is 0.513. The van der Waals surface area contributed by atoms with Gasteiger partial charge in [0.15, 0.2) is 5.82 Å². The lowest BCUT2D eigenvalue weighted by Crippen LogP contribution is -2.26. The minimum absolute atomic E-state index is 0.0927. The van der Waals surface area contributed by atoms with Gasteiger partial charge in [-0.1, -0.05) is 30.3 Å². The average Bonchev–Trinajstić information content (AvgIpc) is 3.00. The Morgan fingerprint density at radius 2 is 1.88 bits per heavy atom. The quantitative estimate of drug-likeness (QED) is 0.452. The molecular formula is C18H14N4O4. The third kappa shape index (κ3) is 2.16. The zero-order valence-corrected chi connectivity index (χ0v) is 13.8. The van der Waals surface area contributed by atoms with E-state index in [0.29, 0.717) is 28.4 Å². The summed E-state index contributed by atoms with van der Waals surface area (Å²) in [6, 6.07) is 12.9. The zero-order valence-electron chi connectivity index (χ0n) is 13.8. The van der Waals surface area contributed by atoms with Crippen LogP contribution in [0, 0.1) is 10.1 Å². The molecule has 26 heavy (non-hydrogen) atoms. The van der Waals surface area contributed by atoms with Gasteiger partial charge in [-0.2, -0.15) is 4.98 Å². The molecule has 2 heterocycles. The molecular weight excluding hydrogens is 336 g/mol.